The van der Waals surface area contributed by atoms with Crippen LogP contribution in [-0.4, -0.2) is 16.0 Å². The minimum Gasteiger partial charge on any atom is -0.334 e. The second-order valence-corrected chi connectivity index (χ2v) is 5.69. The van der Waals surface area contributed by atoms with Gasteiger partial charge in [-0.1, -0.05) is 53.7 Å². The molecule has 0 radical (unpaired) electrons. The van der Waals surface area contributed by atoms with Crippen LogP contribution < -0.4 is 5.32 Å². The molecule has 0 saturated carbocycles. The van der Waals surface area contributed by atoms with E-state index in [0.717, 1.165) is 11.1 Å². The number of nitrogens with zero attached hydrogens (tertiary/aromatic N) is 2. The van der Waals surface area contributed by atoms with Gasteiger partial charge in [-0.2, -0.15) is 4.98 Å². The fraction of sp³-hybridized carbons (Fsp3) is 0. The van der Waals surface area contributed by atoms with E-state index in [1.54, 1.807) is 12.1 Å². The van der Waals surface area contributed by atoms with Gasteiger partial charge < -0.3 is 9.84 Å². The van der Waals surface area contributed by atoms with Gasteiger partial charge in [0, 0.05) is 22.4 Å². The van der Waals surface area contributed by atoms with Crippen molar-refractivity contribution >= 4 is 11.6 Å². The van der Waals surface area contributed by atoms with Crippen molar-refractivity contribution in [1.82, 2.24) is 10.1 Å². The van der Waals surface area contributed by atoms with Crippen molar-refractivity contribution in [3.63, 3.8) is 0 Å². The van der Waals surface area contributed by atoms with E-state index >= 15 is 0 Å². The van der Waals surface area contributed by atoms with Gasteiger partial charge >= 0.3 is 0 Å². The summed E-state index contributed by atoms with van der Waals surface area (Å²) < 4.78 is 5.35. The van der Waals surface area contributed by atoms with Gasteiger partial charge in [0.25, 0.3) is 11.8 Å². The number of carbonyl (C=O) groups excluding carboxylic acids is 1. The Balaban J connectivity index is 1.50. The molecule has 0 bridgehead atoms. The van der Waals surface area contributed by atoms with Crippen molar-refractivity contribution < 1.29 is 9.32 Å². The summed E-state index contributed by atoms with van der Waals surface area (Å²) in [6, 6.07) is 26.0. The Morgan fingerprint density at radius 3 is 2.12 bits per heavy atom. The monoisotopic (exact) mass is 341 g/mol. The van der Waals surface area contributed by atoms with Gasteiger partial charge in [0.1, 0.15) is 0 Å². The van der Waals surface area contributed by atoms with Gasteiger partial charge in [0.05, 0.1) is 0 Å². The fourth-order valence-electron chi connectivity index (χ4n) is 2.53. The summed E-state index contributed by atoms with van der Waals surface area (Å²) in [7, 11) is 0. The quantitative estimate of drug-likeness (QED) is 0.586. The molecule has 1 amide bonds. The van der Waals surface area contributed by atoms with Gasteiger partial charge in [0.2, 0.25) is 5.82 Å². The van der Waals surface area contributed by atoms with Crippen LogP contribution in [0.3, 0.4) is 0 Å². The summed E-state index contributed by atoms with van der Waals surface area (Å²) in [6.07, 6.45) is 0. The van der Waals surface area contributed by atoms with E-state index in [9.17, 15) is 4.79 Å². The Bertz CT molecular complexity index is 1010. The Morgan fingerprint density at radius 1 is 0.769 bits per heavy atom. The number of aromatic nitrogens is 2. The highest BCUT2D eigenvalue weighted by Crippen LogP contribution is 2.23. The second kappa shape index (κ2) is 7.03. The van der Waals surface area contributed by atoms with E-state index in [2.05, 4.69) is 15.5 Å². The smallest absolute Gasteiger partial charge is 0.258 e. The number of benzene rings is 3. The molecular weight excluding hydrogens is 326 g/mol. The van der Waals surface area contributed by atoms with Crippen LogP contribution in [0.1, 0.15) is 10.4 Å². The first-order valence-corrected chi connectivity index (χ1v) is 8.15. The van der Waals surface area contributed by atoms with Crippen molar-refractivity contribution in [1.29, 1.82) is 0 Å². The number of hydrogen-bond donors (Lipinski definition) is 1. The highest BCUT2D eigenvalue weighted by atomic mass is 16.5. The van der Waals surface area contributed by atoms with Crippen LogP contribution in [0.5, 0.6) is 0 Å². The van der Waals surface area contributed by atoms with Gasteiger partial charge in [-0.3, -0.25) is 4.79 Å². The van der Waals surface area contributed by atoms with Crippen LogP contribution in [0.4, 0.5) is 5.69 Å². The largest absolute Gasteiger partial charge is 0.334 e. The summed E-state index contributed by atoms with van der Waals surface area (Å²) >= 11 is 0. The van der Waals surface area contributed by atoms with Crippen LogP contribution in [0.15, 0.2) is 89.5 Å². The molecule has 0 spiro atoms. The topological polar surface area (TPSA) is 68.0 Å². The second-order valence-electron chi connectivity index (χ2n) is 5.69. The van der Waals surface area contributed by atoms with Gasteiger partial charge in [-0.25, -0.2) is 0 Å². The zero-order valence-corrected chi connectivity index (χ0v) is 13.8. The average Bonchev–Trinajstić information content (AvgIpc) is 3.20. The predicted octanol–water partition coefficient (Wildman–Crippen LogP) is 4.66. The molecule has 5 nitrogen and oxygen atoms in total. The van der Waals surface area contributed by atoms with Gasteiger partial charge in [-0.05, 0) is 36.4 Å². The lowest BCUT2D eigenvalue weighted by Crippen LogP contribution is -2.11. The molecule has 1 heterocycles. The summed E-state index contributed by atoms with van der Waals surface area (Å²) in [6.45, 7) is 0. The lowest BCUT2D eigenvalue weighted by Gasteiger charge is -2.05. The molecule has 0 unspecified atom stereocenters. The molecule has 0 fully saturated rings. The molecule has 0 saturated heterocycles. The third-order valence-corrected chi connectivity index (χ3v) is 3.88. The molecule has 1 aromatic heterocycles. The van der Waals surface area contributed by atoms with Crippen LogP contribution in [0.25, 0.3) is 22.8 Å². The van der Waals surface area contributed by atoms with Crippen LogP contribution in [0.2, 0.25) is 0 Å². The molecule has 0 aliphatic heterocycles. The molecule has 1 N–H and O–H groups in total. The zero-order chi connectivity index (χ0) is 17.8. The standard InChI is InChI=1S/C21H15N3O2/c25-20(16-9-5-2-6-10-16)22-18-13-11-17(12-14-18)21-23-19(24-26-21)15-7-3-1-4-8-15/h1-14H,(H,22,25). The highest BCUT2D eigenvalue weighted by molar-refractivity contribution is 6.04. The number of hydrogen-bond acceptors (Lipinski definition) is 4. The first-order chi connectivity index (χ1) is 12.8. The summed E-state index contributed by atoms with van der Waals surface area (Å²) in [5, 5.41) is 6.88. The maximum Gasteiger partial charge on any atom is 0.258 e. The van der Waals surface area contributed by atoms with Gasteiger partial charge in [0.15, 0.2) is 0 Å². The summed E-state index contributed by atoms with van der Waals surface area (Å²) in [4.78, 5) is 16.6. The fourth-order valence-corrected chi connectivity index (χ4v) is 2.53. The van der Waals surface area contributed by atoms with Crippen molar-refractivity contribution in [2.75, 3.05) is 5.32 Å². The number of anilines is 1. The average molecular weight is 341 g/mol. The van der Waals surface area contributed by atoms with E-state index in [4.69, 9.17) is 4.52 Å². The first kappa shape index (κ1) is 15.8. The van der Waals surface area contributed by atoms with E-state index in [1.807, 2.05) is 72.8 Å². The first-order valence-electron chi connectivity index (χ1n) is 8.15. The Labute approximate surface area is 150 Å². The Morgan fingerprint density at radius 2 is 1.42 bits per heavy atom. The van der Waals surface area contributed by atoms with Crippen LogP contribution >= 0.6 is 0 Å². The number of carbonyl (C=O) groups is 1. The van der Waals surface area contributed by atoms with E-state index in [1.165, 1.54) is 0 Å². The van der Waals surface area contributed by atoms with Gasteiger partial charge in [-0.15, -0.1) is 0 Å². The summed E-state index contributed by atoms with van der Waals surface area (Å²) in [5.74, 6) is 0.828. The van der Waals surface area contributed by atoms with Crippen LogP contribution in [-0.2, 0) is 0 Å². The van der Waals surface area contributed by atoms with Crippen molar-refractivity contribution in [3.05, 3.63) is 90.5 Å². The normalized spacial score (nSPS) is 10.5. The molecule has 4 aromatic rings. The molecule has 26 heavy (non-hydrogen) atoms. The molecule has 0 aliphatic rings. The zero-order valence-electron chi connectivity index (χ0n) is 13.8. The minimum atomic E-state index is -0.150. The maximum atomic E-state index is 12.2. The molecule has 0 atom stereocenters. The number of nitrogens with one attached hydrogen (secondary N) is 1. The highest BCUT2D eigenvalue weighted by Gasteiger charge is 2.11. The third kappa shape index (κ3) is 3.37. The molecule has 5 heteroatoms. The van der Waals surface area contributed by atoms with E-state index in [-0.39, 0.29) is 5.91 Å². The van der Waals surface area contributed by atoms with E-state index in [0.29, 0.717) is 23.0 Å². The maximum absolute atomic E-state index is 12.2. The SMILES string of the molecule is O=C(Nc1ccc(-c2nc(-c3ccccc3)no2)cc1)c1ccccc1. The van der Waals surface area contributed by atoms with E-state index < -0.39 is 0 Å². The summed E-state index contributed by atoms with van der Waals surface area (Å²) in [5.41, 5.74) is 3.00. The molecule has 126 valence electrons. The number of rotatable bonds is 4. The minimum absolute atomic E-state index is 0.150. The van der Waals surface area contributed by atoms with Crippen molar-refractivity contribution in [2.45, 2.75) is 0 Å². The van der Waals surface area contributed by atoms with Crippen molar-refractivity contribution in [2.24, 2.45) is 0 Å². The lowest BCUT2D eigenvalue weighted by atomic mass is 10.2. The molecule has 3 aromatic carbocycles. The Hall–Kier alpha value is -3.73. The third-order valence-electron chi connectivity index (χ3n) is 3.88. The molecule has 0 aliphatic carbocycles. The molecule has 4 rings (SSSR count). The Kier molecular flexibility index (Phi) is 4.26. The van der Waals surface area contributed by atoms with Crippen LogP contribution in [0, 0.1) is 0 Å². The van der Waals surface area contributed by atoms with Crippen molar-refractivity contribution in [3.8, 4) is 22.8 Å². The lowest BCUT2D eigenvalue weighted by molar-refractivity contribution is 0.102. The predicted molar refractivity (Wildman–Crippen MR) is 99.6 cm³/mol. The number of amides is 1. The molecular formula is C21H15N3O2.